The van der Waals surface area contributed by atoms with E-state index in [-0.39, 0.29) is 11.6 Å². The van der Waals surface area contributed by atoms with Crippen LogP contribution in [0.4, 0.5) is 0 Å². The van der Waals surface area contributed by atoms with E-state index in [2.05, 4.69) is 15.4 Å². The van der Waals surface area contributed by atoms with Gasteiger partial charge in [0.25, 0.3) is 5.91 Å². The highest BCUT2D eigenvalue weighted by Crippen LogP contribution is 2.28. The maximum absolute atomic E-state index is 12.7. The number of nitrogens with one attached hydrogen (secondary N) is 1. The summed E-state index contributed by atoms with van der Waals surface area (Å²) in [5.41, 5.74) is 2.42. The van der Waals surface area contributed by atoms with Crippen molar-refractivity contribution in [1.29, 1.82) is 0 Å². The molecule has 1 unspecified atom stereocenters. The highest BCUT2D eigenvalue weighted by molar-refractivity contribution is 5.98. The molecule has 8 nitrogen and oxygen atoms in total. The van der Waals surface area contributed by atoms with Crippen LogP contribution in [0, 0.1) is 0 Å². The quantitative estimate of drug-likeness (QED) is 0.704. The summed E-state index contributed by atoms with van der Waals surface area (Å²) in [6, 6.07) is 5.83. The van der Waals surface area contributed by atoms with E-state index in [4.69, 9.17) is 4.74 Å². The van der Waals surface area contributed by atoms with Crippen molar-refractivity contribution in [2.75, 3.05) is 6.61 Å². The molecule has 28 heavy (non-hydrogen) atoms. The number of aliphatic carboxylic acids is 1. The molecule has 0 spiro atoms. The number of nitrogens with zero attached hydrogens (tertiary/aromatic N) is 3. The van der Waals surface area contributed by atoms with Gasteiger partial charge in [0.05, 0.1) is 18.4 Å². The Kier molecular flexibility index (Phi) is 4.46. The minimum Gasteiger partial charge on any atom is -0.493 e. The van der Waals surface area contributed by atoms with Crippen molar-refractivity contribution in [2.45, 2.75) is 32.4 Å². The summed E-state index contributed by atoms with van der Waals surface area (Å²) in [5, 5.41) is 17.2. The van der Waals surface area contributed by atoms with Gasteiger partial charge < -0.3 is 15.2 Å². The summed E-state index contributed by atoms with van der Waals surface area (Å²) in [6.45, 7) is 4.57. The molecule has 2 N–H and O–H groups in total. The maximum Gasteiger partial charge on any atom is 0.330 e. The van der Waals surface area contributed by atoms with Crippen molar-refractivity contribution in [3.05, 3.63) is 53.3 Å². The third-order valence-corrected chi connectivity index (χ3v) is 4.75. The number of carboxylic acid groups (broad SMARTS) is 1. The van der Waals surface area contributed by atoms with Crippen LogP contribution < -0.4 is 10.1 Å². The van der Waals surface area contributed by atoms with Crippen LogP contribution in [0.15, 0.2) is 36.7 Å². The number of fused-ring (bicyclic) bond motifs is 2. The average molecular weight is 380 g/mol. The second-order valence-electron chi connectivity index (χ2n) is 7.03. The van der Waals surface area contributed by atoms with E-state index in [9.17, 15) is 14.7 Å². The monoisotopic (exact) mass is 380 g/mol. The largest absolute Gasteiger partial charge is 0.493 e. The first-order valence-corrected chi connectivity index (χ1v) is 9.06. The van der Waals surface area contributed by atoms with Gasteiger partial charge in [-0.2, -0.15) is 5.10 Å². The molecule has 1 aromatic carbocycles. The Bertz CT molecular complexity index is 1070. The summed E-state index contributed by atoms with van der Waals surface area (Å²) in [5.74, 6) is -0.874. The molecule has 0 radical (unpaired) electrons. The Labute approximate surface area is 161 Å². The molecule has 4 rings (SSSR count). The number of ether oxygens (including phenoxy) is 1. The minimum atomic E-state index is -1.16. The van der Waals surface area contributed by atoms with Gasteiger partial charge in [0.2, 0.25) is 0 Å². The van der Waals surface area contributed by atoms with Gasteiger partial charge in [0, 0.05) is 24.0 Å². The zero-order valence-corrected chi connectivity index (χ0v) is 15.5. The Hall–Kier alpha value is -3.42. The summed E-state index contributed by atoms with van der Waals surface area (Å²) in [7, 11) is 0. The first-order chi connectivity index (χ1) is 13.4. The number of benzene rings is 1. The van der Waals surface area contributed by atoms with Gasteiger partial charge in [-0.05, 0) is 43.2 Å². The number of carboxylic acids is 1. The third-order valence-electron chi connectivity index (χ3n) is 4.75. The Morgan fingerprint density at radius 3 is 2.82 bits per heavy atom. The van der Waals surface area contributed by atoms with Gasteiger partial charge in [-0.15, -0.1) is 0 Å². The van der Waals surface area contributed by atoms with Crippen molar-refractivity contribution < 1.29 is 19.4 Å². The normalized spacial score (nSPS) is 14.0. The predicted octanol–water partition coefficient (Wildman–Crippen LogP) is 2.50. The fourth-order valence-corrected chi connectivity index (χ4v) is 3.33. The number of hydrogen-bond acceptors (Lipinski definition) is 5. The van der Waals surface area contributed by atoms with E-state index < -0.39 is 17.9 Å². The first-order valence-electron chi connectivity index (χ1n) is 9.06. The SMILES string of the molecule is CC(C)n1ncc2cc(C(=O)NC(C(=O)O)c3ccc4c(c3)CCO4)cnc21. The summed E-state index contributed by atoms with van der Waals surface area (Å²) >= 11 is 0. The minimum absolute atomic E-state index is 0.143. The topological polar surface area (TPSA) is 106 Å². The Morgan fingerprint density at radius 2 is 2.07 bits per heavy atom. The molecule has 1 amide bonds. The molecule has 8 heteroatoms. The van der Waals surface area contributed by atoms with E-state index >= 15 is 0 Å². The molecule has 144 valence electrons. The number of carbonyl (C=O) groups is 2. The molecule has 0 saturated carbocycles. The lowest BCUT2D eigenvalue weighted by Gasteiger charge is -2.16. The number of carbonyl (C=O) groups excluding carboxylic acids is 1. The fourth-order valence-electron chi connectivity index (χ4n) is 3.33. The molecule has 1 atom stereocenters. The third kappa shape index (κ3) is 3.17. The lowest BCUT2D eigenvalue weighted by atomic mass is 10.0. The smallest absolute Gasteiger partial charge is 0.330 e. The standard InChI is InChI=1S/C20H20N4O4/c1-11(2)24-18-14(10-22-24)8-15(9-21-18)19(25)23-17(20(26)27)13-3-4-16-12(7-13)5-6-28-16/h3-4,7-11,17H,5-6H2,1-2H3,(H,23,25)(H,26,27). The van der Waals surface area contributed by atoms with Crippen LogP contribution in [0.1, 0.15) is 47.4 Å². The first kappa shape index (κ1) is 18.0. The van der Waals surface area contributed by atoms with Crippen molar-refractivity contribution in [3.8, 4) is 5.75 Å². The van der Waals surface area contributed by atoms with Gasteiger partial charge in [-0.1, -0.05) is 6.07 Å². The summed E-state index contributed by atoms with van der Waals surface area (Å²) < 4.78 is 7.22. The molecule has 0 aliphatic carbocycles. The molecule has 3 heterocycles. The number of hydrogen-bond donors (Lipinski definition) is 2. The molecule has 0 saturated heterocycles. The van der Waals surface area contributed by atoms with Crippen LogP contribution in [0.3, 0.4) is 0 Å². The van der Waals surface area contributed by atoms with Gasteiger partial charge >= 0.3 is 5.97 Å². The average Bonchev–Trinajstić information content (AvgIpc) is 3.30. The van der Waals surface area contributed by atoms with Crippen molar-refractivity contribution in [1.82, 2.24) is 20.1 Å². The predicted molar refractivity (Wildman–Crippen MR) is 101 cm³/mol. The second kappa shape index (κ2) is 6.95. The van der Waals surface area contributed by atoms with E-state index in [0.29, 0.717) is 17.8 Å². The van der Waals surface area contributed by atoms with Gasteiger partial charge in [-0.3, -0.25) is 4.79 Å². The van der Waals surface area contributed by atoms with E-state index in [0.717, 1.165) is 23.1 Å². The van der Waals surface area contributed by atoms with Crippen LogP contribution in [0.5, 0.6) is 5.75 Å². The van der Waals surface area contributed by atoms with Crippen molar-refractivity contribution in [3.63, 3.8) is 0 Å². The second-order valence-corrected chi connectivity index (χ2v) is 7.03. The molecule has 0 fully saturated rings. The molecule has 2 aromatic heterocycles. The zero-order chi connectivity index (χ0) is 19.8. The summed E-state index contributed by atoms with van der Waals surface area (Å²) in [4.78, 5) is 28.8. The maximum atomic E-state index is 12.7. The number of aromatic nitrogens is 3. The van der Waals surface area contributed by atoms with Crippen LogP contribution >= 0.6 is 0 Å². The molecule has 1 aliphatic rings. The number of amides is 1. The highest BCUT2D eigenvalue weighted by atomic mass is 16.5. The molecular formula is C20H20N4O4. The zero-order valence-electron chi connectivity index (χ0n) is 15.5. The molecule has 3 aromatic rings. The Balaban J connectivity index is 1.60. The van der Waals surface area contributed by atoms with Gasteiger partial charge in [0.1, 0.15) is 5.75 Å². The van der Waals surface area contributed by atoms with Crippen LogP contribution in [0.2, 0.25) is 0 Å². The van der Waals surface area contributed by atoms with E-state index in [1.54, 1.807) is 35.1 Å². The fraction of sp³-hybridized carbons (Fsp3) is 0.300. The van der Waals surface area contributed by atoms with Gasteiger partial charge in [-0.25, -0.2) is 14.5 Å². The van der Waals surface area contributed by atoms with Crippen LogP contribution in [-0.4, -0.2) is 38.4 Å². The molecular weight excluding hydrogens is 360 g/mol. The Morgan fingerprint density at radius 1 is 1.25 bits per heavy atom. The molecule has 1 aliphatic heterocycles. The lowest BCUT2D eigenvalue weighted by molar-refractivity contribution is -0.139. The van der Waals surface area contributed by atoms with Crippen LogP contribution in [-0.2, 0) is 11.2 Å². The van der Waals surface area contributed by atoms with Crippen LogP contribution in [0.25, 0.3) is 11.0 Å². The van der Waals surface area contributed by atoms with E-state index in [1.807, 2.05) is 13.8 Å². The summed E-state index contributed by atoms with van der Waals surface area (Å²) in [6.07, 6.45) is 3.81. The van der Waals surface area contributed by atoms with E-state index in [1.165, 1.54) is 6.20 Å². The number of pyridine rings is 1. The number of rotatable bonds is 5. The lowest BCUT2D eigenvalue weighted by Crippen LogP contribution is -2.33. The molecule has 0 bridgehead atoms. The van der Waals surface area contributed by atoms with Gasteiger partial charge in [0.15, 0.2) is 11.7 Å². The van der Waals surface area contributed by atoms with Crippen molar-refractivity contribution >= 4 is 22.9 Å². The highest BCUT2D eigenvalue weighted by Gasteiger charge is 2.25. The van der Waals surface area contributed by atoms with Crippen molar-refractivity contribution in [2.24, 2.45) is 0 Å².